The summed E-state index contributed by atoms with van der Waals surface area (Å²) in [5.41, 5.74) is -0.699. The Bertz CT molecular complexity index is 663. The van der Waals surface area contributed by atoms with Gasteiger partial charge >= 0.3 is 0 Å². The van der Waals surface area contributed by atoms with E-state index in [-0.39, 0.29) is 15.6 Å². The molecule has 0 saturated carbocycles. The first-order valence-corrected chi connectivity index (χ1v) is 5.92. The van der Waals surface area contributed by atoms with Gasteiger partial charge in [-0.15, -0.1) is 0 Å². The number of nitrogens with two attached hydrogens (primary N) is 1. The minimum Gasteiger partial charge on any atom is -0.319 e. The molecule has 0 fully saturated rings. The first-order valence-electron chi connectivity index (χ1n) is 5.16. The van der Waals surface area contributed by atoms with E-state index < -0.39 is 34.5 Å². The lowest BCUT2D eigenvalue weighted by Crippen LogP contribution is -2.14. The van der Waals surface area contributed by atoms with Crippen molar-refractivity contribution in [1.29, 1.82) is 0 Å². The summed E-state index contributed by atoms with van der Waals surface area (Å²) in [4.78, 5) is 0. The molecule has 2 rings (SSSR count). The largest absolute Gasteiger partial charge is 0.319 e. The normalized spacial score (nSPS) is 10.8. The van der Waals surface area contributed by atoms with Gasteiger partial charge in [0.25, 0.3) is 0 Å². The Labute approximate surface area is 121 Å². The van der Waals surface area contributed by atoms with Crippen molar-refractivity contribution in [3.8, 4) is 11.1 Å². The number of nitrogens with one attached hydrogen (secondary N) is 1. The summed E-state index contributed by atoms with van der Waals surface area (Å²) in [6.07, 6.45) is 0. The van der Waals surface area contributed by atoms with Gasteiger partial charge < -0.3 is 5.43 Å². The Balaban J connectivity index is 2.81. The number of hydrogen-bond donors (Lipinski definition) is 2. The quantitative estimate of drug-likeness (QED) is 0.369. The van der Waals surface area contributed by atoms with E-state index in [0.29, 0.717) is 0 Å². The van der Waals surface area contributed by atoms with Crippen molar-refractivity contribution in [1.82, 2.24) is 0 Å². The van der Waals surface area contributed by atoms with Crippen LogP contribution in [-0.2, 0) is 0 Å². The van der Waals surface area contributed by atoms with Gasteiger partial charge in [0.15, 0.2) is 23.3 Å². The highest BCUT2D eigenvalue weighted by atomic mass is 35.5. The Kier molecular flexibility index (Phi) is 4.08. The van der Waals surface area contributed by atoms with Crippen molar-refractivity contribution >= 4 is 28.9 Å². The van der Waals surface area contributed by atoms with Crippen LogP contribution in [0, 0.1) is 23.3 Å². The molecule has 0 atom stereocenters. The Morgan fingerprint density at radius 1 is 0.900 bits per heavy atom. The molecule has 0 spiro atoms. The summed E-state index contributed by atoms with van der Waals surface area (Å²) in [6, 6.07) is 3.63. The molecule has 0 aliphatic rings. The third-order valence-electron chi connectivity index (χ3n) is 2.61. The molecule has 0 aliphatic heterocycles. The predicted molar refractivity (Wildman–Crippen MR) is 69.5 cm³/mol. The Morgan fingerprint density at radius 2 is 1.45 bits per heavy atom. The minimum atomic E-state index is -1.65. The molecule has 2 aromatic rings. The van der Waals surface area contributed by atoms with Crippen LogP contribution >= 0.6 is 23.2 Å². The smallest absolute Gasteiger partial charge is 0.187 e. The summed E-state index contributed by atoms with van der Waals surface area (Å²) >= 11 is 11.4. The van der Waals surface area contributed by atoms with E-state index >= 15 is 0 Å². The summed E-state index contributed by atoms with van der Waals surface area (Å²) in [5, 5.41) is 0.0586. The van der Waals surface area contributed by atoms with Gasteiger partial charge in [-0.05, 0) is 12.1 Å². The maximum Gasteiger partial charge on any atom is 0.187 e. The van der Waals surface area contributed by atoms with Crippen LogP contribution in [0.15, 0.2) is 18.2 Å². The lowest BCUT2D eigenvalue weighted by molar-refractivity contribution is 0.463. The molecule has 0 radical (unpaired) electrons. The lowest BCUT2D eigenvalue weighted by atomic mass is 10.0. The van der Waals surface area contributed by atoms with Crippen LogP contribution in [0.4, 0.5) is 23.2 Å². The molecular weight excluding hydrogens is 319 g/mol. The van der Waals surface area contributed by atoms with Crippen molar-refractivity contribution in [3.63, 3.8) is 0 Å². The van der Waals surface area contributed by atoms with Crippen molar-refractivity contribution in [2.75, 3.05) is 5.43 Å². The molecule has 8 heteroatoms. The van der Waals surface area contributed by atoms with E-state index in [1.165, 1.54) is 12.1 Å². The Morgan fingerprint density at radius 3 is 1.90 bits per heavy atom. The van der Waals surface area contributed by atoms with Crippen molar-refractivity contribution in [2.24, 2.45) is 5.84 Å². The van der Waals surface area contributed by atoms with Gasteiger partial charge in [0, 0.05) is 10.6 Å². The van der Waals surface area contributed by atoms with Crippen LogP contribution in [0.25, 0.3) is 11.1 Å². The fourth-order valence-electron chi connectivity index (χ4n) is 1.69. The maximum absolute atomic E-state index is 13.9. The molecule has 0 heterocycles. The molecule has 0 unspecified atom stereocenters. The summed E-state index contributed by atoms with van der Waals surface area (Å²) in [7, 11) is 0. The summed E-state index contributed by atoms with van der Waals surface area (Å²) in [5.74, 6) is -1.69. The van der Waals surface area contributed by atoms with Gasteiger partial charge in [-0.1, -0.05) is 29.3 Å². The summed E-state index contributed by atoms with van der Waals surface area (Å²) < 4.78 is 55.0. The zero-order chi connectivity index (χ0) is 15.0. The molecule has 0 amide bonds. The molecular formula is C12H6Cl2F4N2. The van der Waals surface area contributed by atoms with Gasteiger partial charge in [0.2, 0.25) is 0 Å². The number of halogens is 6. The molecule has 20 heavy (non-hydrogen) atoms. The fraction of sp³-hybridized carbons (Fsp3) is 0. The number of hydrogen-bond acceptors (Lipinski definition) is 2. The fourth-order valence-corrected chi connectivity index (χ4v) is 2.19. The number of hydrazine groups is 1. The van der Waals surface area contributed by atoms with E-state index in [4.69, 9.17) is 29.0 Å². The van der Waals surface area contributed by atoms with Gasteiger partial charge in [0.05, 0.1) is 10.6 Å². The molecule has 3 N–H and O–H groups in total. The highest BCUT2D eigenvalue weighted by Crippen LogP contribution is 2.38. The van der Waals surface area contributed by atoms with Crippen LogP contribution in [0.2, 0.25) is 10.0 Å². The number of anilines is 1. The highest BCUT2D eigenvalue weighted by molar-refractivity contribution is 6.36. The van der Waals surface area contributed by atoms with Crippen LogP contribution in [-0.4, -0.2) is 0 Å². The van der Waals surface area contributed by atoms with Crippen LogP contribution in [0.3, 0.4) is 0 Å². The number of nitrogen functional groups attached to an aromatic ring is 1. The highest BCUT2D eigenvalue weighted by Gasteiger charge is 2.27. The van der Waals surface area contributed by atoms with Crippen LogP contribution in [0.5, 0.6) is 0 Å². The molecule has 2 aromatic carbocycles. The predicted octanol–water partition coefficient (Wildman–Crippen LogP) is 4.50. The van der Waals surface area contributed by atoms with Crippen LogP contribution < -0.4 is 11.3 Å². The van der Waals surface area contributed by atoms with Gasteiger partial charge in [0.1, 0.15) is 5.69 Å². The topological polar surface area (TPSA) is 38.0 Å². The van der Waals surface area contributed by atoms with E-state index in [0.717, 1.165) is 6.07 Å². The first kappa shape index (κ1) is 14.9. The average molecular weight is 325 g/mol. The SMILES string of the molecule is NNc1c(F)c(F)c(-c2ccc(Cl)cc2Cl)c(F)c1F. The minimum absolute atomic E-state index is 0.150. The monoisotopic (exact) mass is 324 g/mol. The first-order chi connectivity index (χ1) is 9.38. The number of benzene rings is 2. The third kappa shape index (κ3) is 2.30. The second-order valence-corrected chi connectivity index (χ2v) is 4.62. The van der Waals surface area contributed by atoms with Crippen molar-refractivity contribution in [3.05, 3.63) is 51.5 Å². The molecule has 0 bridgehead atoms. The van der Waals surface area contributed by atoms with Crippen molar-refractivity contribution in [2.45, 2.75) is 0 Å². The van der Waals surface area contributed by atoms with E-state index in [1.54, 1.807) is 5.43 Å². The third-order valence-corrected chi connectivity index (χ3v) is 3.16. The summed E-state index contributed by atoms with van der Waals surface area (Å²) in [6.45, 7) is 0. The van der Waals surface area contributed by atoms with Gasteiger partial charge in [-0.25, -0.2) is 17.6 Å². The van der Waals surface area contributed by atoms with Crippen LogP contribution in [0.1, 0.15) is 0 Å². The average Bonchev–Trinajstić information content (AvgIpc) is 2.40. The maximum atomic E-state index is 13.9. The standard InChI is InChI=1S/C12H6Cl2F4N2/c13-4-1-2-5(6(14)3-4)7-8(15)10(17)12(20-19)11(18)9(7)16/h1-3,20H,19H2. The van der Waals surface area contributed by atoms with Gasteiger partial charge in [-0.3, -0.25) is 5.84 Å². The second-order valence-electron chi connectivity index (χ2n) is 3.77. The zero-order valence-electron chi connectivity index (χ0n) is 9.58. The molecule has 0 aliphatic carbocycles. The van der Waals surface area contributed by atoms with E-state index in [1.807, 2.05) is 0 Å². The van der Waals surface area contributed by atoms with E-state index in [9.17, 15) is 17.6 Å². The molecule has 0 saturated heterocycles. The number of rotatable bonds is 2. The van der Waals surface area contributed by atoms with Gasteiger partial charge in [-0.2, -0.15) is 0 Å². The molecule has 0 aromatic heterocycles. The molecule has 106 valence electrons. The Hall–Kier alpha value is -1.50. The zero-order valence-corrected chi connectivity index (χ0v) is 11.1. The molecule has 2 nitrogen and oxygen atoms in total. The second kappa shape index (κ2) is 5.47. The van der Waals surface area contributed by atoms with Crippen molar-refractivity contribution < 1.29 is 17.6 Å². The van der Waals surface area contributed by atoms with E-state index in [2.05, 4.69) is 0 Å². The lowest BCUT2D eigenvalue weighted by Gasteiger charge is -2.12.